The Morgan fingerprint density at radius 3 is 2.72 bits per heavy atom. The SMILES string of the molecule is COc1ccc(/C=C2\SC(=S)N(C3CCCCC3)C2=O)cc1OCc1c(F)cccc1Cl. The lowest BCUT2D eigenvalue weighted by atomic mass is 9.94. The number of halogens is 2. The number of methoxy groups -OCH3 is 1. The molecule has 0 atom stereocenters. The molecule has 0 aromatic heterocycles. The fraction of sp³-hybridized carbons (Fsp3) is 0.333. The summed E-state index contributed by atoms with van der Waals surface area (Å²) in [5.41, 5.74) is 1.04. The van der Waals surface area contributed by atoms with Crippen molar-refractivity contribution < 1.29 is 18.7 Å². The molecule has 1 saturated carbocycles. The maximum atomic E-state index is 14.1. The van der Waals surface area contributed by atoms with E-state index >= 15 is 0 Å². The zero-order chi connectivity index (χ0) is 22.7. The summed E-state index contributed by atoms with van der Waals surface area (Å²) in [4.78, 5) is 15.4. The van der Waals surface area contributed by atoms with E-state index in [2.05, 4.69) is 0 Å². The Kier molecular flexibility index (Phi) is 7.38. The molecule has 168 valence electrons. The molecule has 0 bridgehead atoms. The quantitative estimate of drug-likeness (QED) is 0.336. The first-order valence-corrected chi connectivity index (χ1v) is 12.1. The molecule has 4 nitrogen and oxygen atoms in total. The number of amides is 1. The Morgan fingerprint density at radius 1 is 1.22 bits per heavy atom. The van der Waals surface area contributed by atoms with Gasteiger partial charge in [0.25, 0.3) is 5.91 Å². The molecule has 8 heteroatoms. The maximum absolute atomic E-state index is 14.1. The molecule has 1 aliphatic carbocycles. The number of hydrogen-bond acceptors (Lipinski definition) is 5. The second kappa shape index (κ2) is 10.2. The summed E-state index contributed by atoms with van der Waals surface area (Å²) in [6.45, 7) is -0.0465. The molecule has 0 spiro atoms. The molecule has 1 saturated heterocycles. The van der Waals surface area contributed by atoms with E-state index in [1.165, 1.54) is 31.4 Å². The van der Waals surface area contributed by atoms with Crippen molar-refractivity contribution in [2.45, 2.75) is 44.8 Å². The van der Waals surface area contributed by atoms with Gasteiger partial charge in [0.2, 0.25) is 0 Å². The number of ether oxygens (including phenoxy) is 2. The molecular weight excluding hydrogens is 469 g/mol. The summed E-state index contributed by atoms with van der Waals surface area (Å²) in [6, 6.07) is 10.1. The average Bonchev–Trinajstić information content (AvgIpc) is 3.07. The van der Waals surface area contributed by atoms with Crippen LogP contribution in [0.15, 0.2) is 41.3 Å². The van der Waals surface area contributed by atoms with Crippen LogP contribution >= 0.6 is 35.6 Å². The third kappa shape index (κ3) is 4.95. The van der Waals surface area contributed by atoms with Gasteiger partial charge in [-0.15, -0.1) is 0 Å². The van der Waals surface area contributed by atoms with Gasteiger partial charge in [-0.1, -0.05) is 67.0 Å². The predicted octanol–water partition coefficient (Wildman–Crippen LogP) is 6.60. The fourth-order valence-corrected chi connectivity index (χ4v) is 5.62. The third-order valence-electron chi connectivity index (χ3n) is 5.68. The van der Waals surface area contributed by atoms with Crippen molar-refractivity contribution in [1.82, 2.24) is 4.90 Å². The van der Waals surface area contributed by atoms with Crippen LogP contribution in [0.5, 0.6) is 11.5 Å². The monoisotopic (exact) mass is 491 g/mol. The van der Waals surface area contributed by atoms with Gasteiger partial charge in [-0.05, 0) is 48.7 Å². The molecule has 2 aliphatic rings. The molecule has 1 heterocycles. The predicted molar refractivity (Wildman–Crippen MR) is 131 cm³/mol. The van der Waals surface area contributed by atoms with E-state index in [-0.39, 0.29) is 24.1 Å². The molecule has 2 aromatic carbocycles. The first-order chi connectivity index (χ1) is 15.5. The molecule has 0 radical (unpaired) electrons. The normalized spacial score (nSPS) is 18.5. The van der Waals surface area contributed by atoms with E-state index in [0.717, 1.165) is 31.2 Å². The summed E-state index contributed by atoms with van der Waals surface area (Å²) in [5.74, 6) is 0.468. The van der Waals surface area contributed by atoms with E-state index in [0.29, 0.717) is 25.7 Å². The van der Waals surface area contributed by atoms with Gasteiger partial charge in [0.15, 0.2) is 11.5 Å². The largest absolute Gasteiger partial charge is 0.493 e. The van der Waals surface area contributed by atoms with Crippen molar-refractivity contribution in [2.75, 3.05) is 7.11 Å². The van der Waals surface area contributed by atoms with Crippen LogP contribution in [0.4, 0.5) is 4.39 Å². The van der Waals surface area contributed by atoms with E-state index < -0.39 is 5.82 Å². The highest BCUT2D eigenvalue weighted by Gasteiger charge is 2.37. The van der Waals surface area contributed by atoms with Gasteiger partial charge in [-0.25, -0.2) is 4.39 Å². The van der Waals surface area contributed by atoms with Gasteiger partial charge in [-0.2, -0.15) is 0 Å². The van der Waals surface area contributed by atoms with Gasteiger partial charge in [0.1, 0.15) is 16.7 Å². The van der Waals surface area contributed by atoms with Crippen LogP contribution in [0, 0.1) is 5.82 Å². The summed E-state index contributed by atoms with van der Waals surface area (Å²) in [7, 11) is 1.53. The minimum atomic E-state index is -0.431. The number of nitrogens with zero attached hydrogens (tertiary/aromatic N) is 1. The topological polar surface area (TPSA) is 38.8 Å². The molecule has 1 amide bonds. The summed E-state index contributed by atoms with van der Waals surface area (Å²) in [6.07, 6.45) is 7.29. The number of hydrogen-bond donors (Lipinski definition) is 0. The molecule has 32 heavy (non-hydrogen) atoms. The van der Waals surface area contributed by atoms with Crippen LogP contribution in [-0.4, -0.2) is 28.3 Å². The van der Waals surface area contributed by atoms with Crippen LogP contribution in [0.25, 0.3) is 6.08 Å². The molecule has 2 aromatic rings. The number of rotatable bonds is 6. The lowest BCUT2D eigenvalue weighted by Gasteiger charge is -2.29. The van der Waals surface area contributed by atoms with Gasteiger partial charge in [-0.3, -0.25) is 9.69 Å². The Labute approximate surface area is 201 Å². The second-order valence-electron chi connectivity index (χ2n) is 7.74. The number of benzene rings is 2. The van der Waals surface area contributed by atoms with Crippen molar-refractivity contribution >= 4 is 51.9 Å². The zero-order valence-electron chi connectivity index (χ0n) is 17.6. The van der Waals surface area contributed by atoms with Crippen LogP contribution in [-0.2, 0) is 11.4 Å². The van der Waals surface area contributed by atoms with E-state index in [1.807, 2.05) is 12.1 Å². The van der Waals surface area contributed by atoms with Crippen molar-refractivity contribution in [3.8, 4) is 11.5 Å². The van der Waals surface area contributed by atoms with Crippen molar-refractivity contribution in [2.24, 2.45) is 0 Å². The Bertz CT molecular complexity index is 1050. The smallest absolute Gasteiger partial charge is 0.266 e. The highest BCUT2D eigenvalue weighted by Crippen LogP contribution is 2.38. The molecule has 0 N–H and O–H groups in total. The standard InChI is InChI=1S/C24H23ClFNO3S2/c1-29-20-11-10-15(12-21(20)30-14-17-18(25)8-5-9-19(17)26)13-22-23(28)27(24(31)32-22)16-6-3-2-4-7-16/h5,8-13,16H,2-4,6-7,14H2,1H3/b22-13-. The highest BCUT2D eigenvalue weighted by atomic mass is 35.5. The Morgan fingerprint density at radius 2 is 2.00 bits per heavy atom. The van der Waals surface area contributed by atoms with E-state index in [4.69, 9.17) is 33.3 Å². The second-order valence-corrected chi connectivity index (χ2v) is 9.83. The number of thioether (sulfide) groups is 1. The van der Waals surface area contributed by atoms with Crippen LogP contribution in [0.2, 0.25) is 5.02 Å². The minimum absolute atomic E-state index is 0.0386. The first kappa shape index (κ1) is 23.1. The Hall–Kier alpha value is -2.09. The Balaban J connectivity index is 1.55. The van der Waals surface area contributed by atoms with Crippen LogP contribution < -0.4 is 9.47 Å². The van der Waals surface area contributed by atoms with Crippen molar-refractivity contribution in [3.63, 3.8) is 0 Å². The summed E-state index contributed by atoms with van der Waals surface area (Å²) in [5, 5.41) is 0.298. The van der Waals surface area contributed by atoms with Crippen molar-refractivity contribution in [3.05, 3.63) is 63.3 Å². The minimum Gasteiger partial charge on any atom is -0.493 e. The molecular formula is C24H23ClFNO3S2. The van der Waals surface area contributed by atoms with Gasteiger partial charge in [0.05, 0.1) is 17.0 Å². The molecule has 2 fully saturated rings. The number of carbonyl (C=O) groups excluding carboxylic acids is 1. The average molecular weight is 492 g/mol. The van der Waals surface area contributed by atoms with Gasteiger partial charge < -0.3 is 9.47 Å². The fourth-order valence-electron chi connectivity index (χ4n) is 4.00. The van der Waals surface area contributed by atoms with Crippen LogP contribution in [0.1, 0.15) is 43.2 Å². The first-order valence-electron chi connectivity index (χ1n) is 10.5. The molecule has 0 unspecified atom stereocenters. The number of thiocarbonyl (C=S) groups is 1. The molecule has 4 rings (SSSR count). The number of carbonyl (C=O) groups is 1. The lowest BCUT2D eigenvalue weighted by Crippen LogP contribution is -2.39. The van der Waals surface area contributed by atoms with Gasteiger partial charge in [0, 0.05) is 11.6 Å². The zero-order valence-corrected chi connectivity index (χ0v) is 20.0. The van der Waals surface area contributed by atoms with Crippen molar-refractivity contribution in [1.29, 1.82) is 0 Å². The summed E-state index contributed by atoms with van der Waals surface area (Å²) >= 11 is 12.9. The van der Waals surface area contributed by atoms with E-state index in [9.17, 15) is 9.18 Å². The van der Waals surface area contributed by atoms with E-state index in [1.54, 1.807) is 29.2 Å². The van der Waals surface area contributed by atoms with Gasteiger partial charge >= 0.3 is 0 Å². The van der Waals surface area contributed by atoms with Crippen LogP contribution in [0.3, 0.4) is 0 Å². The maximum Gasteiger partial charge on any atom is 0.266 e. The third-order valence-corrected chi connectivity index (χ3v) is 7.37. The highest BCUT2D eigenvalue weighted by molar-refractivity contribution is 8.26. The lowest BCUT2D eigenvalue weighted by molar-refractivity contribution is -0.124. The molecule has 1 aliphatic heterocycles. The summed E-state index contributed by atoms with van der Waals surface area (Å²) < 4.78 is 25.9.